The number of ether oxygens (including phenoxy) is 1. The topological polar surface area (TPSA) is 75.6 Å². The maximum absolute atomic E-state index is 11.0. The van der Waals surface area contributed by atoms with Crippen LogP contribution in [0.3, 0.4) is 0 Å². The molecule has 2 rings (SSSR count). The monoisotopic (exact) mass is 193 g/mol. The number of esters is 1. The van der Waals surface area contributed by atoms with E-state index in [9.17, 15) is 9.59 Å². The van der Waals surface area contributed by atoms with Crippen molar-refractivity contribution in [2.75, 3.05) is 5.32 Å². The zero-order valence-electron chi connectivity index (χ0n) is 7.11. The van der Waals surface area contributed by atoms with E-state index in [2.05, 4.69) is 5.32 Å². The van der Waals surface area contributed by atoms with Crippen molar-refractivity contribution in [3.05, 3.63) is 29.3 Å². The number of anilines is 1. The fraction of sp³-hybridized carbons (Fsp3) is 0.111. The van der Waals surface area contributed by atoms with E-state index in [1.807, 2.05) is 0 Å². The van der Waals surface area contributed by atoms with E-state index in [-0.39, 0.29) is 12.6 Å². The number of hydrogen-bond donors (Lipinski definition) is 2. The molecule has 0 unspecified atom stereocenters. The fourth-order valence-corrected chi connectivity index (χ4v) is 1.33. The van der Waals surface area contributed by atoms with E-state index in [0.717, 1.165) is 0 Å². The normalized spacial score (nSPS) is 13.3. The highest BCUT2D eigenvalue weighted by atomic mass is 16.5. The molecule has 0 aliphatic carbocycles. The van der Waals surface area contributed by atoms with Crippen molar-refractivity contribution in [1.82, 2.24) is 0 Å². The highest BCUT2D eigenvalue weighted by Gasteiger charge is 2.20. The first-order chi connectivity index (χ1) is 6.66. The van der Waals surface area contributed by atoms with Crippen LogP contribution in [0.4, 0.5) is 10.5 Å². The van der Waals surface area contributed by atoms with E-state index in [1.54, 1.807) is 12.1 Å². The zero-order chi connectivity index (χ0) is 10.1. The molecule has 72 valence electrons. The smallest absolute Gasteiger partial charge is 0.409 e. The minimum Gasteiger partial charge on any atom is -0.465 e. The van der Waals surface area contributed by atoms with E-state index < -0.39 is 6.09 Å². The molecule has 1 aromatic rings. The van der Waals surface area contributed by atoms with Gasteiger partial charge in [-0.3, -0.25) is 5.32 Å². The Morgan fingerprint density at radius 3 is 3.00 bits per heavy atom. The van der Waals surface area contributed by atoms with Crippen LogP contribution in [-0.2, 0) is 11.3 Å². The maximum atomic E-state index is 11.0. The Labute approximate surface area is 79.3 Å². The third kappa shape index (κ3) is 1.39. The summed E-state index contributed by atoms with van der Waals surface area (Å²) < 4.78 is 4.77. The van der Waals surface area contributed by atoms with Crippen molar-refractivity contribution in [2.45, 2.75) is 6.61 Å². The van der Waals surface area contributed by atoms with Gasteiger partial charge in [0, 0.05) is 11.3 Å². The largest absolute Gasteiger partial charge is 0.465 e. The van der Waals surface area contributed by atoms with E-state index >= 15 is 0 Å². The number of carbonyl (C=O) groups is 2. The second-order valence-corrected chi connectivity index (χ2v) is 2.88. The maximum Gasteiger partial charge on any atom is 0.409 e. The summed E-state index contributed by atoms with van der Waals surface area (Å²) in [4.78, 5) is 21.4. The van der Waals surface area contributed by atoms with E-state index in [0.29, 0.717) is 16.8 Å². The third-order valence-corrected chi connectivity index (χ3v) is 1.94. The van der Waals surface area contributed by atoms with Gasteiger partial charge < -0.3 is 9.84 Å². The number of nitrogens with one attached hydrogen (secondary N) is 1. The van der Waals surface area contributed by atoms with Crippen molar-refractivity contribution >= 4 is 17.7 Å². The molecular weight excluding hydrogens is 186 g/mol. The summed E-state index contributed by atoms with van der Waals surface area (Å²) in [5.74, 6) is -0.359. The Morgan fingerprint density at radius 1 is 1.50 bits per heavy atom. The summed E-state index contributed by atoms with van der Waals surface area (Å²) in [5, 5.41) is 10.7. The number of carboxylic acid groups (broad SMARTS) is 1. The van der Waals surface area contributed by atoms with Crippen LogP contribution >= 0.6 is 0 Å². The first-order valence-corrected chi connectivity index (χ1v) is 3.97. The lowest BCUT2D eigenvalue weighted by Gasteiger charge is -2.01. The molecule has 0 saturated heterocycles. The minimum atomic E-state index is -1.13. The number of amides is 1. The summed E-state index contributed by atoms with van der Waals surface area (Å²) in [6.07, 6.45) is -1.13. The van der Waals surface area contributed by atoms with Crippen LogP contribution in [-0.4, -0.2) is 17.2 Å². The quantitative estimate of drug-likeness (QED) is 0.662. The molecule has 1 amide bonds. The van der Waals surface area contributed by atoms with Gasteiger partial charge in [-0.1, -0.05) is 0 Å². The van der Waals surface area contributed by atoms with Gasteiger partial charge in [0.1, 0.15) is 6.61 Å². The molecule has 1 aliphatic heterocycles. The summed E-state index contributed by atoms with van der Waals surface area (Å²) in [5.41, 5.74) is 1.65. The average Bonchev–Trinajstić information content (AvgIpc) is 2.46. The number of hydrogen-bond acceptors (Lipinski definition) is 3. The van der Waals surface area contributed by atoms with Gasteiger partial charge in [0.05, 0.1) is 5.56 Å². The molecule has 0 spiro atoms. The zero-order valence-corrected chi connectivity index (χ0v) is 7.11. The molecule has 0 saturated carbocycles. The molecule has 5 heteroatoms. The predicted octanol–water partition coefficient (Wildman–Crippen LogP) is 1.45. The summed E-state index contributed by atoms with van der Waals surface area (Å²) in [6, 6.07) is 4.67. The Bertz CT molecular complexity index is 413. The van der Waals surface area contributed by atoms with Crippen molar-refractivity contribution in [1.29, 1.82) is 0 Å². The summed E-state index contributed by atoms with van der Waals surface area (Å²) in [6.45, 7) is 0.212. The number of fused-ring (bicyclic) bond motifs is 1. The van der Waals surface area contributed by atoms with Crippen LogP contribution in [0, 0.1) is 0 Å². The SMILES string of the molecule is O=C(O)Nc1ccc2c(c1)COC2=O. The fourth-order valence-electron chi connectivity index (χ4n) is 1.33. The standard InChI is InChI=1S/C9H7NO4/c11-8-7-2-1-6(10-9(12)13)3-5(7)4-14-8/h1-3,10H,4H2,(H,12,13). The van der Waals surface area contributed by atoms with Crippen molar-refractivity contribution in [2.24, 2.45) is 0 Å². The van der Waals surface area contributed by atoms with E-state index in [4.69, 9.17) is 9.84 Å². The second-order valence-electron chi connectivity index (χ2n) is 2.88. The third-order valence-electron chi connectivity index (χ3n) is 1.94. The van der Waals surface area contributed by atoms with Crippen LogP contribution in [0.1, 0.15) is 15.9 Å². The lowest BCUT2D eigenvalue weighted by Crippen LogP contribution is -2.07. The van der Waals surface area contributed by atoms with Crippen molar-refractivity contribution in [3.63, 3.8) is 0 Å². The van der Waals surface area contributed by atoms with Gasteiger partial charge in [-0.15, -0.1) is 0 Å². The molecule has 14 heavy (non-hydrogen) atoms. The van der Waals surface area contributed by atoms with Gasteiger partial charge in [0.2, 0.25) is 0 Å². The van der Waals surface area contributed by atoms with Gasteiger partial charge in [-0.05, 0) is 18.2 Å². The molecule has 1 heterocycles. The number of cyclic esters (lactones) is 1. The molecule has 1 aromatic carbocycles. The van der Waals surface area contributed by atoms with Gasteiger partial charge in [-0.25, -0.2) is 9.59 Å². The predicted molar refractivity (Wildman–Crippen MR) is 47.2 cm³/mol. The number of rotatable bonds is 1. The average molecular weight is 193 g/mol. The Balaban J connectivity index is 2.32. The molecule has 5 nitrogen and oxygen atoms in total. The van der Waals surface area contributed by atoms with Gasteiger partial charge in [0.15, 0.2) is 0 Å². The van der Waals surface area contributed by atoms with Crippen LogP contribution in [0.15, 0.2) is 18.2 Å². The second kappa shape index (κ2) is 3.02. The summed E-state index contributed by atoms with van der Waals surface area (Å²) in [7, 11) is 0. The summed E-state index contributed by atoms with van der Waals surface area (Å²) >= 11 is 0. The van der Waals surface area contributed by atoms with Gasteiger partial charge >= 0.3 is 12.1 Å². The van der Waals surface area contributed by atoms with Gasteiger partial charge in [0.25, 0.3) is 0 Å². The molecule has 0 fully saturated rings. The molecule has 0 bridgehead atoms. The molecular formula is C9H7NO4. The highest BCUT2D eigenvalue weighted by molar-refractivity contribution is 5.94. The van der Waals surface area contributed by atoms with E-state index in [1.165, 1.54) is 6.07 Å². The van der Waals surface area contributed by atoms with Crippen LogP contribution in [0.5, 0.6) is 0 Å². The number of carbonyl (C=O) groups excluding carboxylic acids is 1. The molecule has 2 N–H and O–H groups in total. The first-order valence-electron chi connectivity index (χ1n) is 3.97. The first kappa shape index (κ1) is 8.55. The lowest BCUT2D eigenvalue weighted by molar-refractivity contribution is 0.0535. The molecule has 0 atom stereocenters. The van der Waals surface area contributed by atoms with Crippen LogP contribution in [0.25, 0.3) is 0 Å². The Morgan fingerprint density at radius 2 is 2.29 bits per heavy atom. The van der Waals surface area contributed by atoms with Crippen LogP contribution in [0.2, 0.25) is 0 Å². The minimum absolute atomic E-state index is 0.212. The Hall–Kier alpha value is -2.04. The highest BCUT2D eigenvalue weighted by Crippen LogP contribution is 2.23. The van der Waals surface area contributed by atoms with Crippen molar-refractivity contribution in [3.8, 4) is 0 Å². The molecule has 1 aliphatic rings. The Kier molecular flexibility index (Phi) is 1.85. The van der Waals surface area contributed by atoms with Crippen LogP contribution < -0.4 is 5.32 Å². The molecule has 0 aromatic heterocycles. The lowest BCUT2D eigenvalue weighted by atomic mass is 10.1. The number of benzene rings is 1. The molecule has 0 radical (unpaired) electrons. The van der Waals surface area contributed by atoms with Gasteiger partial charge in [-0.2, -0.15) is 0 Å². The van der Waals surface area contributed by atoms with Crippen molar-refractivity contribution < 1.29 is 19.4 Å².